The third kappa shape index (κ3) is 5.41. The second-order valence-electron chi connectivity index (χ2n) is 6.69. The number of ether oxygens (including phenoxy) is 1. The topological polar surface area (TPSA) is 61.9 Å². The lowest BCUT2D eigenvalue weighted by Crippen LogP contribution is -2.53. The highest BCUT2D eigenvalue weighted by Crippen LogP contribution is 2.27. The molecule has 148 valence electrons. The van der Waals surface area contributed by atoms with Crippen LogP contribution in [-0.4, -0.2) is 62.6 Å². The summed E-state index contributed by atoms with van der Waals surface area (Å²) in [5.41, 5.74) is 0.935. The van der Waals surface area contributed by atoms with Gasteiger partial charge in [-0.05, 0) is 38.6 Å². The van der Waals surface area contributed by atoms with Crippen molar-refractivity contribution in [3.05, 3.63) is 34.9 Å². The Balaban J connectivity index is 2.17. The minimum absolute atomic E-state index is 0.113. The van der Waals surface area contributed by atoms with E-state index in [-0.39, 0.29) is 24.8 Å². The van der Waals surface area contributed by atoms with Gasteiger partial charge in [0, 0.05) is 30.7 Å². The number of likely N-dealkylation sites (N-methyl/N-ethyl adjacent to an activating group) is 1. The Labute approximate surface area is 162 Å². The Morgan fingerprint density at radius 3 is 2.35 bits per heavy atom. The van der Waals surface area contributed by atoms with E-state index < -0.39 is 10.2 Å². The van der Waals surface area contributed by atoms with E-state index in [0.717, 1.165) is 18.7 Å². The molecule has 8 heteroatoms. The first-order chi connectivity index (χ1) is 12.3. The first kappa shape index (κ1) is 21.6. The van der Waals surface area contributed by atoms with Gasteiger partial charge in [-0.3, -0.25) is 4.90 Å². The van der Waals surface area contributed by atoms with Crippen molar-refractivity contribution in [2.75, 3.05) is 32.7 Å². The summed E-state index contributed by atoms with van der Waals surface area (Å²) in [4.78, 5) is 2.20. The smallest absolute Gasteiger partial charge is 0.279 e. The molecule has 26 heavy (non-hydrogen) atoms. The maximum absolute atomic E-state index is 12.8. The van der Waals surface area contributed by atoms with Gasteiger partial charge in [0.2, 0.25) is 0 Å². The lowest BCUT2D eigenvalue weighted by atomic mass is 10.1. The molecule has 2 rings (SSSR count). The zero-order valence-corrected chi connectivity index (χ0v) is 17.6. The van der Waals surface area contributed by atoms with Crippen molar-refractivity contribution in [3.63, 3.8) is 0 Å². The normalized spacial score (nSPS) is 23.3. The number of morpholine rings is 1. The number of nitrogens with one attached hydrogen (secondary N) is 1. The summed E-state index contributed by atoms with van der Waals surface area (Å²) in [6, 6.07) is 7.49. The zero-order chi connectivity index (χ0) is 19.3. The fourth-order valence-electron chi connectivity index (χ4n) is 3.45. The Hall–Kier alpha value is -0.700. The number of hydrogen-bond acceptors (Lipinski definition) is 4. The van der Waals surface area contributed by atoms with Gasteiger partial charge < -0.3 is 4.74 Å². The van der Waals surface area contributed by atoms with Crippen LogP contribution in [0.3, 0.4) is 0 Å². The van der Waals surface area contributed by atoms with Crippen LogP contribution in [0.2, 0.25) is 5.02 Å². The lowest BCUT2D eigenvalue weighted by molar-refractivity contribution is -0.0444. The van der Waals surface area contributed by atoms with Crippen molar-refractivity contribution < 1.29 is 13.2 Å². The summed E-state index contributed by atoms with van der Waals surface area (Å²) in [5.74, 6) is 0. The molecule has 0 aliphatic carbocycles. The Bertz CT molecular complexity index is 672. The van der Waals surface area contributed by atoms with Crippen LogP contribution in [0.15, 0.2) is 24.3 Å². The van der Waals surface area contributed by atoms with Crippen molar-refractivity contribution in [1.29, 1.82) is 0 Å². The predicted molar refractivity (Wildman–Crippen MR) is 106 cm³/mol. The van der Waals surface area contributed by atoms with Crippen LogP contribution in [0.4, 0.5) is 0 Å². The van der Waals surface area contributed by atoms with E-state index >= 15 is 0 Å². The van der Waals surface area contributed by atoms with Crippen LogP contribution < -0.4 is 4.72 Å². The summed E-state index contributed by atoms with van der Waals surface area (Å²) in [6.45, 7) is 10.5. The van der Waals surface area contributed by atoms with Crippen LogP contribution in [0.1, 0.15) is 39.3 Å². The summed E-state index contributed by atoms with van der Waals surface area (Å²) in [7, 11) is -3.58. The highest BCUT2D eigenvalue weighted by Gasteiger charge is 2.32. The Morgan fingerprint density at radius 2 is 1.81 bits per heavy atom. The van der Waals surface area contributed by atoms with Crippen LogP contribution >= 0.6 is 11.6 Å². The quantitative estimate of drug-likeness (QED) is 0.724. The molecule has 0 saturated carbocycles. The van der Waals surface area contributed by atoms with Crippen LogP contribution in [0.5, 0.6) is 0 Å². The molecular weight excluding hydrogens is 374 g/mol. The Morgan fingerprint density at radius 1 is 1.23 bits per heavy atom. The van der Waals surface area contributed by atoms with E-state index in [9.17, 15) is 8.42 Å². The SMILES string of the molecule is CCN(CC)C(CNS(=O)(=O)N1CC(C)OC(C)C1)c1ccccc1Cl. The zero-order valence-electron chi connectivity index (χ0n) is 16.0. The molecule has 1 aliphatic heterocycles. The molecule has 1 aliphatic rings. The van der Waals surface area contributed by atoms with Crippen molar-refractivity contribution in [2.24, 2.45) is 0 Å². The van der Waals surface area contributed by atoms with Crippen LogP contribution in [-0.2, 0) is 14.9 Å². The molecule has 1 fully saturated rings. The van der Waals surface area contributed by atoms with Gasteiger partial charge in [-0.25, -0.2) is 4.72 Å². The summed E-state index contributed by atoms with van der Waals surface area (Å²) in [6.07, 6.45) is -0.227. The minimum atomic E-state index is -3.58. The molecule has 3 unspecified atom stereocenters. The molecule has 6 nitrogen and oxygen atoms in total. The molecule has 0 radical (unpaired) electrons. The van der Waals surface area contributed by atoms with Gasteiger partial charge >= 0.3 is 0 Å². The maximum Gasteiger partial charge on any atom is 0.279 e. The highest BCUT2D eigenvalue weighted by molar-refractivity contribution is 7.87. The molecule has 1 saturated heterocycles. The average molecular weight is 404 g/mol. The van der Waals surface area contributed by atoms with Gasteiger partial charge in [0.25, 0.3) is 10.2 Å². The molecule has 1 aromatic carbocycles. The molecule has 0 aromatic heterocycles. The van der Waals surface area contributed by atoms with E-state index in [0.29, 0.717) is 18.1 Å². The standard InChI is InChI=1S/C18H30ClN3O3S/c1-5-21(6-2)18(16-9-7-8-10-17(16)19)11-20-26(23,24)22-12-14(3)25-15(4)13-22/h7-10,14-15,18,20H,5-6,11-13H2,1-4H3. The number of hydrogen-bond donors (Lipinski definition) is 1. The molecule has 1 aromatic rings. The first-order valence-electron chi connectivity index (χ1n) is 9.17. The van der Waals surface area contributed by atoms with Crippen molar-refractivity contribution in [2.45, 2.75) is 45.9 Å². The largest absolute Gasteiger partial charge is 0.373 e. The number of halogens is 1. The maximum atomic E-state index is 12.8. The first-order valence-corrected chi connectivity index (χ1v) is 11.0. The molecule has 0 bridgehead atoms. The molecule has 1 N–H and O–H groups in total. The van der Waals surface area contributed by atoms with Gasteiger partial charge in [0.1, 0.15) is 0 Å². The minimum Gasteiger partial charge on any atom is -0.373 e. The van der Waals surface area contributed by atoms with E-state index in [1.54, 1.807) is 0 Å². The molecule has 1 heterocycles. The summed E-state index contributed by atoms with van der Waals surface area (Å²) >= 11 is 6.38. The molecule has 3 atom stereocenters. The Kier molecular flexibility index (Phi) is 7.88. The van der Waals surface area contributed by atoms with Gasteiger partial charge in [0.15, 0.2) is 0 Å². The third-order valence-electron chi connectivity index (χ3n) is 4.70. The van der Waals surface area contributed by atoms with Gasteiger partial charge in [0.05, 0.1) is 12.2 Å². The monoisotopic (exact) mass is 403 g/mol. The van der Waals surface area contributed by atoms with E-state index in [1.165, 1.54) is 4.31 Å². The fourth-order valence-corrected chi connectivity index (χ4v) is 5.07. The molecule has 0 spiro atoms. The second kappa shape index (κ2) is 9.48. The van der Waals surface area contributed by atoms with Gasteiger partial charge in [-0.2, -0.15) is 12.7 Å². The number of benzene rings is 1. The fraction of sp³-hybridized carbons (Fsp3) is 0.667. The van der Waals surface area contributed by atoms with E-state index in [2.05, 4.69) is 23.5 Å². The van der Waals surface area contributed by atoms with Crippen LogP contribution in [0, 0.1) is 0 Å². The average Bonchev–Trinajstić information content (AvgIpc) is 2.58. The van der Waals surface area contributed by atoms with Gasteiger partial charge in [-0.15, -0.1) is 0 Å². The molecule has 0 amide bonds. The summed E-state index contributed by atoms with van der Waals surface area (Å²) in [5, 5.41) is 0.650. The third-order valence-corrected chi connectivity index (χ3v) is 6.56. The predicted octanol–water partition coefficient (Wildman–Crippen LogP) is 2.67. The van der Waals surface area contributed by atoms with Crippen molar-refractivity contribution >= 4 is 21.8 Å². The lowest BCUT2D eigenvalue weighted by Gasteiger charge is -2.35. The highest BCUT2D eigenvalue weighted by atomic mass is 35.5. The molecular formula is C18H30ClN3O3S. The van der Waals surface area contributed by atoms with Gasteiger partial charge in [-0.1, -0.05) is 43.6 Å². The second-order valence-corrected chi connectivity index (χ2v) is 8.85. The van der Waals surface area contributed by atoms with Crippen molar-refractivity contribution in [1.82, 2.24) is 13.9 Å². The van der Waals surface area contributed by atoms with Crippen LogP contribution in [0.25, 0.3) is 0 Å². The number of nitrogens with zero attached hydrogens (tertiary/aromatic N) is 2. The number of rotatable bonds is 8. The summed E-state index contributed by atoms with van der Waals surface area (Å²) < 4.78 is 35.5. The van der Waals surface area contributed by atoms with E-state index in [1.807, 2.05) is 38.1 Å². The van der Waals surface area contributed by atoms with E-state index in [4.69, 9.17) is 16.3 Å². The van der Waals surface area contributed by atoms with Crippen molar-refractivity contribution in [3.8, 4) is 0 Å².